The van der Waals surface area contributed by atoms with Crippen LogP contribution in [0.2, 0.25) is 0 Å². The quantitative estimate of drug-likeness (QED) is 0.789. The average molecular weight is 316 g/mol. The maximum Gasteiger partial charge on any atom is 0.321 e. The van der Waals surface area contributed by atoms with E-state index in [-0.39, 0.29) is 17.9 Å². The second kappa shape index (κ2) is 7.46. The molecular weight excluding hydrogens is 292 g/mol. The van der Waals surface area contributed by atoms with E-state index < -0.39 is 0 Å². The Morgan fingerprint density at radius 3 is 2.83 bits per heavy atom. The molecule has 23 heavy (non-hydrogen) atoms. The topological polar surface area (TPSA) is 73.5 Å². The van der Waals surface area contributed by atoms with Crippen molar-refractivity contribution >= 4 is 17.6 Å². The van der Waals surface area contributed by atoms with Crippen LogP contribution < -0.4 is 16.0 Å². The molecule has 2 saturated heterocycles. The van der Waals surface area contributed by atoms with Gasteiger partial charge in [0.25, 0.3) is 0 Å². The zero-order valence-corrected chi connectivity index (χ0v) is 13.3. The number of urea groups is 1. The molecule has 3 N–H and O–H groups in total. The summed E-state index contributed by atoms with van der Waals surface area (Å²) in [5.74, 6) is 0.176. The molecule has 2 heterocycles. The maximum atomic E-state index is 12.1. The van der Waals surface area contributed by atoms with Gasteiger partial charge in [-0.2, -0.15) is 0 Å². The third-order valence-electron chi connectivity index (χ3n) is 4.47. The van der Waals surface area contributed by atoms with Crippen LogP contribution in [0.1, 0.15) is 24.8 Å². The van der Waals surface area contributed by atoms with Crippen LogP contribution in [0.15, 0.2) is 24.3 Å². The van der Waals surface area contributed by atoms with E-state index in [1.54, 1.807) is 0 Å². The van der Waals surface area contributed by atoms with Crippen molar-refractivity contribution in [1.82, 2.24) is 15.5 Å². The molecule has 0 aliphatic carbocycles. The highest BCUT2D eigenvalue weighted by atomic mass is 16.2. The zero-order valence-electron chi connectivity index (χ0n) is 13.3. The molecule has 0 radical (unpaired) electrons. The van der Waals surface area contributed by atoms with Crippen molar-refractivity contribution in [3.8, 4) is 0 Å². The van der Waals surface area contributed by atoms with E-state index >= 15 is 0 Å². The maximum absolute atomic E-state index is 12.1. The highest BCUT2D eigenvalue weighted by Crippen LogP contribution is 2.14. The number of carbonyl (C=O) groups is 2. The van der Waals surface area contributed by atoms with Gasteiger partial charge in [-0.25, -0.2) is 4.79 Å². The molecule has 1 aromatic carbocycles. The molecule has 0 saturated carbocycles. The lowest BCUT2D eigenvalue weighted by atomic mass is 10.1. The third kappa shape index (κ3) is 4.22. The molecule has 2 aliphatic rings. The number of benzene rings is 1. The number of anilines is 1. The Morgan fingerprint density at radius 2 is 2.09 bits per heavy atom. The number of hydrogen-bond acceptors (Lipinski definition) is 3. The van der Waals surface area contributed by atoms with Gasteiger partial charge in [0.2, 0.25) is 5.91 Å². The van der Waals surface area contributed by atoms with Crippen LogP contribution in [0.3, 0.4) is 0 Å². The Balaban J connectivity index is 1.52. The normalized spacial score (nSPS) is 20.5. The number of amides is 3. The molecule has 0 aromatic heterocycles. The van der Waals surface area contributed by atoms with Gasteiger partial charge in [0.05, 0.1) is 5.92 Å². The van der Waals surface area contributed by atoms with Crippen LogP contribution in [0, 0.1) is 5.92 Å². The molecule has 6 nitrogen and oxygen atoms in total. The van der Waals surface area contributed by atoms with Crippen molar-refractivity contribution in [2.24, 2.45) is 5.92 Å². The lowest BCUT2D eigenvalue weighted by Gasteiger charge is -2.16. The van der Waals surface area contributed by atoms with E-state index in [0.29, 0.717) is 6.54 Å². The second-order valence-corrected chi connectivity index (χ2v) is 6.23. The van der Waals surface area contributed by atoms with Crippen molar-refractivity contribution in [2.45, 2.75) is 25.8 Å². The number of nitrogens with zero attached hydrogens (tertiary/aromatic N) is 1. The molecule has 2 fully saturated rings. The summed E-state index contributed by atoms with van der Waals surface area (Å²) >= 11 is 0. The first-order chi connectivity index (χ1) is 11.2. The van der Waals surface area contributed by atoms with Crippen LogP contribution in [0.25, 0.3) is 0 Å². The van der Waals surface area contributed by atoms with Crippen molar-refractivity contribution in [3.63, 3.8) is 0 Å². The standard InChI is InChI=1S/C17H24N4O2/c22-16(14-6-7-18-12-14)19-11-13-4-3-5-15(10-13)20-17(23)21-8-1-2-9-21/h3-5,10,14,18H,1-2,6-9,11-12H2,(H,19,22)(H,20,23). The van der Waals surface area contributed by atoms with E-state index in [2.05, 4.69) is 16.0 Å². The Kier molecular flexibility index (Phi) is 5.12. The van der Waals surface area contributed by atoms with Gasteiger partial charge in [-0.05, 0) is 43.5 Å². The van der Waals surface area contributed by atoms with Crippen LogP contribution in [-0.2, 0) is 11.3 Å². The minimum atomic E-state index is -0.0410. The fourth-order valence-corrected chi connectivity index (χ4v) is 3.09. The lowest BCUT2D eigenvalue weighted by molar-refractivity contribution is -0.124. The molecule has 6 heteroatoms. The number of carbonyl (C=O) groups excluding carboxylic acids is 2. The number of hydrogen-bond donors (Lipinski definition) is 3. The summed E-state index contributed by atoms with van der Waals surface area (Å²) in [5, 5.41) is 9.10. The van der Waals surface area contributed by atoms with E-state index in [1.807, 2.05) is 29.2 Å². The van der Waals surface area contributed by atoms with Gasteiger partial charge in [0.1, 0.15) is 0 Å². The zero-order chi connectivity index (χ0) is 16.1. The first kappa shape index (κ1) is 15.8. The molecule has 1 aromatic rings. The summed E-state index contributed by atoms with van der Waals surface area (Å²) in [6.07, 6.45) is 3.06. The van der Waals surface area contributed by atoms with E-state index in [4.69, 9.17) is 0 Å². The largest absolute Gasteiger partial charge is 0.352 e. The van der Waals surface area contributed by atoms with Crippen molar-refractivity contribution in [1.29, 1.82) is 0 Å². The molecule has 1 atom stereocenters. The number of rotatable bonds is 4. The summed E-state index contributed by atoms with van der Waals surface area (Å²) in [6.45, 7) is 3.82. The summed E-state index contributed by atoms with van der Waals surface area (Å²) in [5.41, 5.74) is 1.76. The van der Waals surface area contributed by atoms with Gasteiger partial charge in [-0.15, -0.1) is 0 Å². The third-order valence-corrected chi connectivity index (χ3v) is 4.47. The molecule has 0 bridgehead atoms. The Labute approximate surface area is 136 Å². The minimum absolute atomic E-state index is 0.0410. The number of nitrogens with one attached hydrogen (secondary N) is 3. The molecule has 124 valence electrons. The molecule has 3 rings (SSSR count). The molecule has 1 unspecified atom stereocenters. The smallest absolute Gasteiger partial charge is 0.321 e. The lowest BCUT2D eigenvalue weighted by Crippen LogP contribution is -2.32. The van der Waals surface area contributed by atoms with Gasteiger partial charge in [-0.1, -0.05) is 12.1 Å². The SMILES string of the molecule is O=C(NCc1cccc(NC(=O)N2CCCC2)c1)C1CCNC1. The summed E-state index contributed by atoms with van der Waals surface area (Å²) in [7, 11) is 0. The summed E-state index contributed by atoms with van der Waals surface area (Å²) in [4.78, 5) is 26.0. The molecule has 3 amide bonds. The van der Waals surface area contributed by atoms with E-state index in [9.17, 15) is 9.59 Å². The van der Waals surface area contributed by atoms with Crippen LogP contribution in [0.4, 0.5) is 10.5 Å². The molecule has 2 aliphatic heterocycles. The second-order valence-electron chi connectivity index (χ2n) is 6.23. The van der Waals surface area contributed by atoms with Gasteiger partial charge in [0.15, 0.2) is 0 Å². The number of likely N-dealkylation sites (tertiary alicyclic amines) is 1. The first-order valence-corrected chi connectivity index (χ1v) is 8.36. The van der Waals surface area contributed by atoms with Gasteiger partial charge >= 0.3 is 6.03 Å². The average Bonchev–Trinajstić information content (AvgIpc) is 3.25. The van der Waals surface area contributed by atoms with E-state index in [1.165, 1.54) is 0 Å². The predicted octanol–water partition coefficient (Wildman–Crippen LogP) is 1.54. The van der Waals surface area contributed by atoms with Crippen LogP contribution in [-0.4, -0.2) is 43.0 Å². The fourth-order valence-electron chi connectivity index (χ4n) is 3.09. The Morgan fingerprint density at radius 1 is 1.26 bits per heavy atom. The fraction of sp³-hybridized carbons (Fsp3) is 0.529. The minimum Gasteiger partial charge on any atom is -0.352 e. The van der Waals surface area contributed by atoms with Gasteiger partial charge < -0.3 is 20.9 Å². The monoisotopic (exact) mass is 316 g/mol. The van der Waals surface area contributed by atoms with Crippen molar-refractivity contribution in [2.75, 3.05) is 31.5 Å². The Bertz CT molecular complexity index is 563. The van der Waals surface area contributed by atoms with Crippen molar-refractivity contribution in [3.05, 3.63) is 29.8 Å². The highest BCUT2D eigenvalue weighted by Gasteiger charge is 2.22. The predicted molar refractivity (Wildman–Crippen MR) is 89.1 cm³/mol. The summed E-state index contributed by atoms with van der Waals surface area (Å²) < 4.78 is 0. The van der Waals surface area contributed by atoms with Crippen LogP contribution >= 0.6 is 0 Å². The molecule has 0 spiro atoms. The highest BCUT2D eigenvalue weighted by molar-refractivity contribution is 5.89. The van der Waals surface area contributed by atoms with Crippen molar-refractivity contribution < 1.29 is 9.59 Å². The van der Waals surface area contributed by atoms with E-state index in [0.717, 1.165) is 56.7 Å². The van der Waals surface area contributed by atoms with Gasteiger partial charge in [-0.3, -0.25) is 4.79 Å². The molecular formula is C17H24N4O2. The van der Waals surface area contributed by atoms with Crippen LogP contribution in [0.5, 0.6) is 0 Å². The summed E-state index contributed by atoms with van der Waals surface area (Å²) in [6, 6.07) is 7.61. The Hall–Kier alpha value is -2.08. The van der Waals surface area contributed by atoms with Gasteiger partial charge in [0, 0.05) is 31.9 Å². The first-order valence-electron chi connectivity index (χ1n) is 8.36.